The average Bonchev–Trinajstić information content (AvgIpc) is 3.01. The van der Waals surface area contributed by atoms with Gasteiger partial charge in [0.15, 0.2) is 4.34 Å². The molecule has 0 saturated heterocycles. The Morgan fingerprint density at radius 2 is 2.17 bits per heavy atom. The summed E-state index contributed by atoms with van der Waals surface area (Å²) in [5, 5.41) is 11.8. The molecule has 0 spiro atoms. The molecule has 24 heavy (non-hydrogen) atoms. The average molecular weight is 364 g/mol. The maximum Gasteiger partial charge on any atom is 0.229 e. The van der Waals surface area contributed by atoms with Gasteiger partial charge in [-0.1, -0.05) is 79.6 Å². The number of carbonyl (C=O) groups excluding carboxylic acids is 1. The Bertz CT molecular complexity index is 657. The molecule has 4 nitrogen and oxygen atoms in total. The van der Waals surface area contributed by atoms with E-state index in [2.05, 4.69) is 60.6 Å². The van der Waals surface area contributed by atoms with Crippen LogP contribution < -0.4 is 5.32 Å². The smallest absolute Gasteiger partial charge is 0.229 e. The van der Waals surface area contributed by atoms with Crippen LogP contribution in [0.2, 0.25) is 0 Å². The van der Waals surface area contributed by atoms with Gasteiger partial charge in [0.2, 0.25) is 11.0 Å². The van der Waals surface area contributed by atoms with Crippen molar-refractivity contribution in [3.05, 3.63) is 35.4 Å². The van der Waals surface area contributed by atoms with Crippen LogP contribution in [0.1, 0.15) is 50.7 Å². The van der Waals surface area contributed by atoms with Crippen LogP contribution in [0.3, 0.4) is 0 Å². The molecule has 1 heterocycles. The Labute approximate surface area is 152 Å². The van der Waals surface area contributed by atoms with E-state index in [1.54, 1.807) is 11.8 Å². The van der Waals surface area contributed by atoms with Crippen LogP contribution in [-0.4, -0.2) is 16.1 Å². The van der Waals surface area contributed by atoms with Crippen LogP contribution in [0.4, 0.5) is 5.13 Å². The van der Waals surface area contributed by atoms with E-state index in [4.69, 9.17) is 0 Å². The first-order valence-corrected chi connectivity index (χ1v) is 10.2. The number of thioether (sulfide) groups is 1. The predicted molar refractivity (Wildman–Crippen MR) is 103 cm³/mol. The van der Waals surface area contributed by atoms with Crippen molar-refractivity contribution in [1.82, 2.24) is 10.2 Å². The van der Waals surface area contributed by atoms with E-state index in [1.807, 2.05) is 0 Å². The van der Waals surface area contributed by atoms with Crippen LogP contribution in [0.15, 0.2) is 28.6 Å². The molecule has 0 aliphatic carbocycles. The summed E-state index contributed by atoms with van der Waals surface area (Å²) in [6.45, 7) is 6.30. The third-order valence-corrected chi connectivity index (χ3v) is 5.89. The van der Waals surface area contributed by atoms with Crippen LogP contribution in [0, 0.1) is 12.8 Å². The highest BCUT2D eigenvalue weighted by Crippen LogP contribution is 2.29. The molecular weight excluding hydrogens is 338 g/mol. The van der Waals surface area contributed by atoms with Gasteiger partial charge < -0.3 is 5.32 Å². The Balaban J connectivity index is 1.87. The summed E-state index contributed by atoms with van der Waals surface area (Å²) in [6, 6.07) is 8.45. The lowest BCUT2D eigenvalue weighted by Crippen LogP contribution is -2.22. The van der Waals surface area contributed by atoms with E-state index in [9.17, 15) is 4.79 Å². The van der Waals surface area contributed by atoms with Crippen LogP contribution in [0.5, 0.6) is 0 Å². The number of aromatic nitrogens is 2. The molecule has 0 fully saturated rings. The van der Waals surface area contributed by atoms with Gasteiger partial charge in [-0.25, -0.2) is 0 Å². The third-order valence-electron chi connectivity index (χ3n) is 3.85. The van der Waals surface area contributed by atoms with Gasteiger partial charge in [-0.15, -0.1) is 10.2 Å². The SMILES string of the molecule is CCCC[C@@H](CC)C(=O)Nc1nnc(SCc2cccc(C)c2)s1. The van der Waals surface area contributed by atoms with E-state index >= 15 is 0 Å². The number of aryl methyl sites for hydroxylation is 1. The maximum atomic E-state index is 12.3. The summed E-state index contributed by atoms with van der Waals surface area (Å²) >= 11 is 3.10. The number of nitrogens with zero attached hydrogens (tertiary/aromatic N) is 2. The van der Waals surface area contributed by atoms with Gasteiger partial charge in [-0.3, -0.25) is 4.79 Å². The minimum absolute atomic E-state index is 0.0669. The van der Waals surface area contributed by atoms with Gasteiger partial charge in [0.1, 0.15) is 0 Å². The molecule has 0 saturated carbocycles. The molecule has 2 rings (SSSR count). The Morgan fingerprint density at radius 1 is 1.33 bits per heavy atom. The molecule has 0 bridgehead atoms. The zero-order valence-corrected chi connectivity index (χ0v) is 16.2. The standard InChI is InChI=1S/C18H25N3OS2/c1-4-6-10-15(5-2)16(22)19-17-20-21-18(24-17)23-12-14-9-7-8-13(3)11-14/h7-9,11,15H,4-6,10,12H2,1-3H3,(H,19,20,22)/t15-/m1/s1. The number of hydrogen-bond acceptors (Lipinski definition) is 5. The molecule has 0 radical (unpaired) electrons. The van der Waals surface area contributed by atoms with Gasteiger partial charge in [-0.2, -0.15) is 0 Å². The Kier molecular flexibility index (Phi) is 7.72. The van der Waals surface area contributed by atoms with Gasteiger partial charge in [0, 0.05) is 11.7 Å². The van der Waals surface area contributed by atoms with Crippen molar-refractivity contribution in [2.75, 3.05) is 5.32 Å². The van der Waals surface area contributed by atoms with Crippen LogP contribution >= 0.6 is 23.1 Å². The molecule has 130 valence electrons. The summed E-state index contributed by atoms with van der Waals surface area (Å²) in [5.74, 6) is 0.993. The number of anilines is 1. The van der Waals surface area contributed by atoms with Crippen molar-refractivity contribution >= 4 is 34.1 Å². The largest absolute Gasteiger partial charge is 0.300 e. The zero-order chi connectivity index (χ0) is 17.4. The number of rotatable bonds is 9. The van der Waals surface area contributed by atoms with E-state index in [0.29, 0.717) is 5.13 Å². The first-order chi connectivity index (χ1) is 11.6. The molecule has 0 aliphatic rings. The normalized spacial score (nSPS) is 12.1. The topological polar surface area (TPSA) is 54.9 Å². The maximum absolute atomic E-state index is 12.3. The fraction of sp³-hybridized carbons (Fsp3) is 0.500. The number of unbranched alkanes of at least 4 members (excludes halogenated alkanes) is 1. The van der Waals surface area contributed by atoms with Crippen LogP contribution in [0.25, 0.3) is 0 Å². The summed E-state index contributed by atoms with van der Waals surface area (Å²) in [4.78, 5) is 12.3. The second-order valence-corrected chi connectivity index (χ2v) is 8.09. The van der Waals surface area contributed by atoms with E-state index in [0.717, 1.165) is 35.8 Å². The van der Waals surface area contributed by atoms with Gasteiger partial charge >= 0.3 is 0 Å². The number of nitrogens with one attached hydrogen (secondary N) is 1. The van der Waals surface area contributed by atoms with E-state index in [-0.39, 0.29) is 11.8 Å². The van der Waals surface area contributed by atoms with E-state index < -0.39 is 0 Å². The Morgan fingerprint density at radius 3 is 2.88 bits per heavy atom. The molecule has 1 aromatic heterocycles. The molecule has 1 amide bonds. The van der Waals surface area contributed by atoms with E-state index in [1.165, 1.54) is 22.5 Å². The number of benzene rings is 1. The van der Waals surface area contributed by atoms with Crippen molar-refractivity contribution in [2.45, 2.75) is 56.5 Å². The number of carbonyl (C=O) groups is 1. The highest BCUT2D eigenvalue weighted by atomic mass is 32.2. The fourth-order valence-corrected chi connectivity index (χ4v) is 4.14. The Hall–Kier alpha value is -1.40. The van der Waals surface area contributed by atoms with Crippen molar-refractivity contribution in [3.8, 4) is 0 Å². The first-order valence-electron chi connectivity index (χ1n) is 8.45. The lowest BCUT2D eigenvalue weighted by molar-refractivity contribution is -0.120. The van der Waals surface area contributed by atoms with Gasteiger partial charge in [-0.05, 0) is 25.3 Å². The zero-order valence-electron chi connectivity index (χ0n) is 14.5. The molecule has 0 aliphatic heterocycles. The number of hydrogen-bond donors (Lipinski definition) is 1. The number of amides is 1. The lowest BCUT2D eigenvalue weighted by atomic mass is 9.99. The summed E-state index contributed by atoms with van der Waals surface area (Å²) in [7, 11) is 0. The monoisotopic (exact) mass is 363 g/mol. The summed E-state index contributed by atoms with van der Waals surface area (Å²) < 4.78 is 0.883. The van der Waals surface area contributed by atoms with Crippen LogP contribution in [-0.2, 0) is 10.5 Å². The van der Waals surface area contributed by atoms with Gasteiger partial charge in [0.05, 0.1) is 0 Å². The van der Waals surface area contributed by atoms with Crippen molar-refractivity contribution < 1.29 is 4.79 Å². The first kappa shape index (κ1) is 18.9. The second kappa shape index (κ2) is 9.79. The molecular formula is C18H25N3OS2. The minimum Gasteiger partial charge on any atom is -0.300 e. The summed E-state index contributed by atoms with van der Waals surface area (Å²) in [6.07, 6.45) is 3.99. The van der Waals surface area contributed by atoms with Crippen molar-refractivity contribution in [3.63, 3.8) is 0 Å². The van der Waals surface area contributed by atoms with Gasteiger partial charge in [0.25, 0.3) is 0 Å². The molecule has 1 N–H and O–H groups in total. The molecule has 0 unspecified atom stereocenters. The second-order valence-electron chi connectivity index (χ2n) is 5.89. The minimum atomic E-state index is 0.0669. The molecule has 1 aromatic carbocycles. The lowest BCUT2D eigenvalue weighted by Gasteiger charge is -2.12. The molecule has 2 aromatic rings. The summed E-state index contributed by atoms with van der Waals surface area (Å²) in [5.41, 5.74) is 2.53. The van der Waals surface area contributed by atoms with Crippen molar-refractivity contribution in [1.29, 1.82) is 0 Å². The highest BCUT2D eigenvalue weighted by Gasteiger charge is 2.17. The molecule has 6 heteroatoms. The van der Waals surface area contributed by atoms with Crippen molar-refractivity contribution in [2.24, 2.45) is 5.92 Å². The fourth-order valence-electron chi connectivity index (χ4n) is 2.44. The third kappa shape index (κ3) is 5.91. The predicted octanol–water partition coefficient (Wildman–Crippen LogP) is 5.29. The molecule has 1 atom stereocenters. The quantitative estimate of drug-likeness (QED) is 0.485. The highest BCUT2D eigenvalue weighted by molar-refractivity contribution is 8.00.